The summed E-state index contributed by atoms with van der Waals surface area (Å²) < 4.78 is 0. The highest BCUT2D eigenvalue weighted by atomic mass is 15.1. The summed E-state index contributed by atoms with van der Waals surface area (Å²) in [6.45, 7) is 7.92. The SMILES string of the molecule is Cc1ccc(CCN(C)CC2CCCN2)cc1C. The van der Waals surface area contributed by atoms with E-state index in [2.05, 4.69) is 49.3 Å². The Morgan fingerprint density at radius 1 is 1.28 bits per heavy atom. The largest absolute Gasteiger partial charge is 0.313 e. The molecule has 18 heavy (non-hydrogen) atoms. The Morgan fingerprint density at radius 2 is 2.11 bits per heavy atom. The van der Waals surface area contributed by atoms with Gasteiger partial charge in [0.2, 0.25) is 0 Å². The van der Waals surface area contributed by atoms with Crippen LogP contribution in [-0.2, 0) is 6.42 Å². The minimum atomic E-state index is 0.717. The van der Waals surface area contributed by atoms with E-state index in [1.807, 2.05) is 0 Å². The quantitative estimate of drug-likeness (QED) is 0.859. The molecule has 0 aliphatic carbocycles. The molecule has 1 aliphatic rings. The predicted molar refractivity (Wildman–Crippen MR) is 78.1 cm³/mol. The van der Waals surface area contributed by atoms with Crippen molar-refractivity contribution >= 4 is 0 Å². The molecular formula is C16H26N2. The van der Waals surface area contributed by atoms with Crippen molar-refractivity contribution in [2.24, 2.45) is 0 Å². The van der Waals surface area contributed by atoms with Crippen molar-refractivity contribution in [3.05, 3.63) is 34.9 Å². The first-order valence-corrected chi connectivity index (χ1v) is 7.13. The summed E-state index contributed by atoms with van der Waals surface area (Å²) in [6.07, 6.45) is 3.84. The molecule has 1 aliphatic heterocycles. The summed E-state index contributed by atoms with van der Waals surface area (Å²) in [5.74, 6) is 0. The zero-order valence-corrected chi connectivity index (χ0v) is 12.0. The summed E-state index contributed by atoms with van der Waals surface area (Å²) in [5, 5.41) is 3.56. The maximum Gasteiger partial charge on any atom is 0.0195 e. The van der Waals surface area contributed by atoms with E-state index < -0.39 is 0 Å². The van der Waals surface area contributed by atoms with Crippen molar-refractivity contribution in [2.45, 2.75) is 39.2 Å². The van der Waals surface area contributed by atoms with Gasteiger partial charge in [-0.25, -0.2) is 0 Å². The van der Waals surface area contributed by atoms with Crippen molar-refractivity contribution in [2.75, 3.05) is 26.7 Å². The first-order chi connectivity index (χ1) is 8.65. The molecule has 2 heteroatoms. The van der Waals surface area contributed by atoms with E-state index in [1.165, 1.54) is 42.6 Å². The zero-order chi connectivity index (χ0) is 13.0. The van der Waals surface area contributed by atoms with Crippen LogP contribution in [0.2, 0.25) is 0 Å². The topological polar surface area (TPSA) is 15.3 Å². The van der Waals surface area contributed by atoms with Gasteiger partial charge in [-0.05, 0) is 63.4 Å². The van der Waals surface area contributed by atoms with Gasteiger partial charge in [-0.15, -0.1) is 0 Å². The number of nitrogens with zero attached hydrogens (tertiary/aromatic N) is 1. The van der Waals surface area contributed by atoms with Crippen LogP contribution in [-0.4, -0.2) is 37.6 Å². The Labute approximate surface area is 111 Å². The molecule has 0 saturated carbocycles. The van der Waals surface area contributed by atoms with Gasteiger partial charge >= 0.3 is 0 Å². The second kappa shape index (κ2) is 6.35. The molecule has 0 spiro atoms. The number of benzene rings is 1. The average Bonchev–Trinajstić information content (AvgIpc) is 2.83. The van der Waals surface area contributed by atoms with Gasteiger partial charge in [0.15, 0.2) is 0 Å². The van der Waals surface area contributed by atoms with Crippen LogP contribution in [0.5, 0.6) is 0 Å². The Hall–Kier alpha value is -0.860. The third-order valence-electron chi connectivity index (χ3n) is 4.05. The fraction of sp³-hybridized carbons (Fsp3) is 0.625. The maximum absolute atomic E-state index is 3.56. The average molecular weight is 246 g/mol. The first-order valence-electron chi connectivity index (χ1n) is 7.13. The molecule has 2 rings (SSSR count). The molecule has 100 valence electrons. The fourth-order valence-corrected chi connectivity index (χ4v) is 2.66. The Bertz CT molecular complexity index is 381. The number of hydrogen-bond donors (Lipinski definition) is 1. The van der Waals surface area contributed by atoms with Gasteiger partial charge in [-0.3, -0.25) is 0 Å². The lowest BCUT2D eigenvalue weighted by atomic mass is 10.0. The van der Waals surface area contributed by atoms with E-state index in [0.29, 0.717) is 0 Å². The second-order valence-corrected chi connectivity index (χ2v) is 5.72. The monoisotopic (exact) mass is 246 g/mol. The van der Waals surface area contributed by atoms with Crippen LogP contribution >= 0.6 is 0 Å². The summed E-state index contributed by atoms with van der Waals surface area (Å²) in [6, 6.07) is 7.55. The molecule has 1 aromatic rings. The molecule has 1 fully saturated rings. The first kappa shape index (κ1) is 13.6. The predicted octanol–water partition coefficient (Wildman–Crippen LogP) is 2.53. The van der Waals surface area contributed by atoms with Crippen LogP contribution < -0.4 is 5.32 Å². The van der Waals surface area contributed by atoms with E-state index in [1.54, 1.807) is 0 Å². The molecule has 1 saturated heterocycles. The van der Waals surface area contributed by atoms with Crippen LogP contribution in [0.15, 0.2) is 18.2 Å². The van der Waals surface area contributed by atoms with E-state index in [0.717, 1.165) is 19.0 Å². The Balaban J connectivity index is 1.77. The normalized spacial score (nSPS) is 19.7. The zero-order valence-electron chi connectivity index (χ0n) is 12.0. The molecule has 0 radical (unpaired) electrons. The lowest BCUT2D eigenvalue weighted by Crippen LogP contribution is -2.36. The number of rotatable bonds is 5. The molecule has 0 amide bonds. The van der Waals surface area contributed by atoms with Gasteiger partial charge in [0.25, 0.3) is 0 Å². The summed E-state index contributed by atoms with van der Waals surface area (Å²) in [7, 11) is 2.24. The van der Waals surface area contributed by atoms with Crippen molar-refractivity contribution in [1.82, 2.24) is 10.2 Å². The van der Waals surface area contributed by atoms with Gasteiger partial charge in [-0.1, -0.05) is 18.2 Å². The lowest BCUT2D eigenvalue weighted by Gasteiger charge is -2.21. The van der Waals surface area contributed by atoms with Crippen molar-refractivity contribution in [3.63, 3.8) is 0 Å². The van der Waals surface area contributed by atoms with E-state index in [9.17, 15) is 0 Å². The smallest absolute Gasteiger partial charge is 0.0195 e. The second-order valence-electron chi connectivity index (χ2n) is 5.72. The van der Waals surface area contributed by atoms with Crippen LogP contribution in [0, 0.1) is 13.8 Å². The van der Waals surface area contributed by atoms with Crippen LogP contribution in [0.3, 0.4) is 0 Å². The molecule has 1 aromatic carbocycles. The molecule has 0 bridgehead atoms. The van der Waals surface area contributed by atoms with E-state index >= 15 is 0 Å². The summed E-state index contributed by atoms with van der Waals surface area (Å²) in [5.41, 5.74) is 4.26. The third-order valence-corrected chi connectivity index (χ3v) is 4.05. The van der Waals surface area contributed by atoms with Crippen LogP contribution in [0.25, 0.3) is 0 Å². The van der Waals surface area contributed by atoms with Gasteiger partial charge < -0.3 is 10.2 Å². The standard InChI is InChI=1S/C16H26N2/c1-13-6-7-15(11-14(13)2)8-10-18(3)12-16-5-4-9-17-16/h6-7,11,16-17H,4-5,8-10,12H2,1-3H3. The van der Waals surface area contributed by atoms with Crippen LogP contribution in [0.4, 0.5) is 0 Å². The Morgan fingerprint density at radius 3 is 2.78 bits per heavy atom. The van der Waals surface area contributed by atoms with Crippen molar-refractivity contribution in [1.29, 1.82) is 0 Å². The number of nitrogens with one attached hydrogen (secondary N) is 1. The minimum Gasteiger partial charge on any atom is -0.313 e. The number of aryl methyl sites for hydroxylation is 2. The fourth-order valence-electron chi connectivity index (χ4n) is 2.66. The third kappa shape index (κ3) is 3.82. The van der Waals surface area contributed by atoms with E-state index in [4.69, 9.17) is 0 Å². The molecule has 0 aromatic heterocycles. The number of hydrogen-bond acceptors (Lipinski definition) is 2. The van der Waals surface area contributed by atoms with Gasteiger partial charge in [0.05, 0.1) is 0 Å². The highest BCUT2D eigenvalue weighted by Crippen LogP contribution is 2.11. The van der Waals surface area contributed by atoms with Gasteiger partial charge in [0.1, 0.15) is 0 Å². The lowest BCUT2D eigenvalue weighted by molar-refractivity contribution is 0.303. The minimum absolute atomic E-state index is 0.717. The van der Waals surface area contributed by atoms with Gasteiger partial charge in [0, 0.05) is 19.1 Å². The van der Waals surface area contributed by atoms with Crippen molar-refractivity contribution < 1.29 is 0 Å². The molecule has 1 atom stereocenters. The highest BCUT2D eigenvalue weighted by molar-refractivity contribution is 5.30. The van der Waals surface area contributed by atoms with E-state index in [-0.39, 0.29) is 0 Å². The molecule has 1 heterocycles. The van der Waals surface area contributed by atoms with Gasteiger partial charge in [-0.2, -0.15) is 0 Å². The summed E-state index contributed by atoms with van der Waals surface area (Å²) >= 11 is 0. The van der Waals surface area contributed by atoms with Crippen molar-refractivity contribution in [3.8, 4) is 0 Å². The van der Waals surface area contributed by atoms with Crippen LogP contribution in [0.1, 0.15) is 29.5 Å². The number of likely N-dealkylation sites (N-methyl/N-ethyl adjacent to an activating group) is 1. The summed E-state index contributed by atoms with van der Waals surface area (Å²) in [4.78, 5) is 2.46. The Kier molecular flexibility index (Phi) is 4.79. The molecular weight excluding hydrogens is 220 g/mol. The maximum atomic E-state index is 3.56. The molecule has 1 N–H and O–H groups in total. The molecule has 2 nitrogen and oxygen atoms in total. The highest BCUT2D eigenvalue weighted by Gasteiger charge is 2.15. The molecule has 1 unspecified atom stereocenters.